The molecular weight excluding hydrogens is 278 g/mol. The molecule has 1 unspecified atom stereocenters. The highest BCUT2D eigenvalue weighted by Gasteiger charge is 2.16. The van der Waals surface area contributed by atoms with Crippen molar-refractivity contribution in [3.8, 4) is 0 Å². The van der Waals surface area contributed by atoms with Crippen molar-refractivity contribution in [1.29, 1.82) is 0 Å². The number of anilines is 1. The standard InChI is InChI=1S/C14H19N3O2.ClH/c1-9(16-14(19)6-7-15)10-2-4-12-11(8-10)3-5-13(18)17-12;/h2,4,8-9H,3,5-7,15H2,1H3,(H,16,19)(H,17,18);1H. The minimum absolute atomic E-state index is 0. The van der Waals surface area contributed by atoms with Gasteiger partial charge in [-0.05, 0) is 30.5 Å². The van der Waals surface area contributed by atoms with Crippen molar-refractivity contribution in [2.45, 2.75) is 32.2 Å². The summed E-state index contributed by atoms with van der Waals surface area (Å²) >= 11 is 0. The second kappa shape index (κ2) is 7.26. The molecule has 4 N–H and O–H groups in total. The zero-order valence-electron chi connectivity index (χ0n) is 11.4. The average molecular weight is 298 g/mol. The SMILES string of the molecule is CC(NC(=O)CCN)c1ccc2c(c1)CCC(=O)N2.Cl. The fourth-order valence-electron chi connectivity index (χ4n) is 2.20. The molecule has 0 saturated carbocycles. The molecule has 1 aromatic rings. The second-order valence-electron chi connectivity index (χ2n) is 4.79. The lowest BCUT2D eigenvalue weighted by Gasteiger charge is -2.20. The van der Waals surface area contributed by atoms with E-state index in [9.17, 15) is 9.59 Å². The third-order valence-electron chi connectivity index (χ3n) is 3.27. The number of hydrogen-bond acceptors (Lipinski definition) is 3. The molecule has 0 radical (unpaired) electrons. The quantitative estimate of drug-likeness (QED) is 0.788. The summed E-state index contributed by atoms with van der Waals surface area (Å²) in [5.74, 6) is 0.0190. The molecule has 1 aliphatic heterocycles. The number of carbonyl (C=O) groups is 2. The van der Waals surface area contributed by atoms with E-state index in [-0.39, 0.29) is 30.3 Å². The van der Waals surface area contributed by atoms with Gasteiger partial charge in [0.05, 0.1) is 6.04 Å². The van der Waals surface area contributed by atoms with Crippen LogP contribution in [0, 0.1) is 0 Å². The lowest BCUT2D eigenvalue weighted by atomic mass is 9.98. The first kappa shape index (κ1) is 16.5. The van der Waals surface area contributed by atoms with Crippen LogP contribution in [0.5, 0.6) is 0 Å². The largest absolute Gasteiger partial charge is 0.350 e. The van der Waals surface area contributed by atoms with E-state index in [1.165, 1.54) is 0 Å². The van der Waals surface area contributed by atoms with Crippen LogP contribution in [-0.2, 0) is 16.0 Å². The van der Waals surface area contributed by atoms with Gasteiger partial charge in [-0.25, -0.2) is 0 Å². The first-order chi connectivity index (χ1) is 9.10. The summed E-state index contributed by atoms with van der Waals surface area (Å²) in [6, 6.07) is 5.81. The van der Waals surface area contributed by atoms with Crippen LogP contribution >= 0.6 is 12.4 Å². The van der Waals surface area contributed by atoms with E-state index in [1.807, 2.05) is 25.1 Å². The van der Waals surface area contributed by atoms with Crippen LogP contribution in [0.1, 0.15) is 36.9 Å². The smallest absolute Gasteiger partial charge is 0.224 e. The van der Waals surface area contributed by atoms with Gasteiger partial charge < -0.3 is 16.4 Å². The van der Waals surface area contributed by atoms with E-state index >= 15 is 0 Å². The van der Waals surface area contributed by atoms with Gasteiger partial charge in [0.1, 0.15) is 0 Å². The van der Waals surface area contributed by atoms with Crippen LogP contribution in [0.2, 0.25) is 0 Å². The molecule has 0 aromatic heterocycles. The number of amides is 2. The van der Waals surface area contributed by atoms with E-state index in [1.54, 1.807) is 0 Å². The van der Waals surface area contributed by atoms with Gasteiger partial charge in [-0.15, -0.1) is 12.4 Å². The van der Waals surface area contributed by atoms with Crippen LogP contribution in [0.4, 0.5) is 5.69 Å². The zero-order valence-corrected chi connectivity index (χ0v) is 12.3. The molecule has 0 fully saturated rings. The number of nitrogens with two attached hydrogens (primary N) is 1. The van der Waals surface area contributed by atoms with E-state index in [4.69, 9.17) is 5.73 Å². The van der Waals surface area contributed by atoms with Gasteiger partial charge in [0.2, 0.25) is 11.8 Å². The Labute approximate surface area is 124 Å². The van der Waals surface area contributed by atoms with Gasteiger partial charge in [-0.1, -0.05) is 12.1 Å². The van der Waals surface area contributed by atoms with E-state index < -0.39 is 0 Å². The molecule has 1 aliphatic rings. The molecule has 110 valence electrons. The van der Waals surface area contributed by atoms with Crippen molar-refractivity contribution < 1.29 is 9.59 Å². The summed E-state index contributed by atoms with van der Waals surface area (Å²) in [7, 11) is 0. The summed E-state index contributed by atoms with van der Waals surface area (Å²) in [6.45, 7) is 2.30. The van der Waals surface area contributed by atoms with Crippen molar-refractivity contribution >= 4 is 29.9 Å². The van der Waals surface area contributed by atoms with Crippen LogP contribution in [0.3, 0.4) is 0 Å². The van der Waals surface area contributed by atoms with E-state index in [2.05, 4.69) is 10.6 Å². The molecular formula is C14H20ClN3O2. The molecule has 1 atom stereocenters. The molecule has 6 heteroatoms. The van der Waals surface area contributed by atoms with Gasteiger partial charge in [0.15, 0.2) is 0 Å². The number of carbonyl (C=O) groups excluding carboxylic acids is 2. The summed E-state index contributed by atoms with van der Waals surface area (Å²) < 4.78 is 0. The molecule has 0 aliphatic carbocycles. The zero-order chi connectivity index (χ0) is 13.8. The first-order valence-corrected chi connectivity index (χ1v) is 6.52. The number of benzene rings is 1. The Morgan fingerprint density at radius 3 is 2.90 bits per heavy atom. The molecule has 1 aromatic carbocycles. The van der Waals surface area contributed by atoms with Gasteiger partial charge in [0, 0.05) is 25.1 Å². The number of nitrogens with one attached hydrogen (secondary N) is 2. The normalized spacial score (nSPS) is 14.6. The summed E-state index contributed by atoms with van der Waals surface area (Å²) in [5, 5.41) is 5.75. The van der Waals surface area contributed by atoms with Crippen molar-refractivity contribution in [3.05, 3.63) is 29.3 Å². The molecule has 0 bridgehead atoms. The highest BCUT2D eigenvalue weighted by molar-refractivity contribution is 5.93. The summed E-state index contributed by atoms with van der Waals surface area (Å²) in [4.78, 5) is 22.8. The highest BCUT2D eigenvalue weighted by Crippen LogP contribution is 2.26. The van der Waals surface area contributed by atoms with Gasteiger partial charge in [-0.2, -0.15) is 0 Å². The van der Waals surface area contributed by atoms with E-state index in [0.29, 0.717) is 19.4 Å². The predicted octanol–water partition coefficient (Wildman–Crippen LogP) is 1.52. The average Bonchev–Trinajstić information content (AvgIpc) is 2.38. The lowest BCUT2D eigenvalue weighted by Crippen LogP contribution is -2.28. The Bertz CT molecular complexity index is 505. The topological polar surface area (TPSA) is 84.2 Å². The fraction of sp³-hybridized carbons (Fsp3) is 0.429. The second-order valence-corrected chi connectivity index (χ2v) is 4.79. The fourth-order valence-corrected chi connectivity index (χ4v) is 2.20. The van der Waals surface area contributed by atoms with Crippen LogP contribution in [-0.4, -0.2) is 18.4 Å². The molecule has 5 nitrogen and oxygen atoms in total. The van der Waals surface area contributed by atoms with Crippen molar-refractivity contribution in [1.82, 2.24) is 5.32 Å². The Kier molecular flexibility index (Phi) is 5.98. The maximum Gasteiger partial charge on any atom is 0.224 e. The minimum Gasteiger partial charge on any atom is -0.350 e. The van der Waals surface area contributed by atoms with Crippen LogP contribution in [0.25, 0.3) is 0 Å². The third kappa shape index (κ3) is 3.95. The van der Waals surface area contributed by atoms with Crippen molar-refractivity contribution in [3.63, 3.8) is 0 Å². The first-order valence-electron chi connectivity index (χ1n) is 6.52. The maximum atomic E-state index is 11.5. The third-order valence-corrected chi connectivity index (χ3v) is 3.27. The monoisotopic (exact) mass is 297 g/mol. The molecule has 2 rings (SSSR count). The number of fused-ring (bicyclic) bond motifs is 1. The Balaban J connectivity index is 0.00000200. The Morgan fingerprint density at radius 2 is 2.20 bits per heavy atom. The predicted molar refractivity (Wildman–Crippen MR) is 80.9 cm³/mol. The van der Waals surface area contributed by atoms with E-state index in [0.717, 1.165) is 23.2 Å². The number of aryl methyl sites for hydroxylation is 1. The summed E-state index contributed by atoms with van der Waals surface area (Å²) in [5.41, 5.74) is 8.39. The van der Waals surface area contributed by atoms with Crippen molar-refractivity contribution in [2.24, 2.45) is 5.73 Å². The maximum absolute atomic E-state index is 11.5. The van der Waals surface area contributed by atoms with Gasteiger partial charge >= 0.3 is 0 Å². The molecule has 0 saturated heterocycles. The number of hydrogen-bond donors (Lipinski definition) is 3. The Morgan fingerprint density at radius 1 is 1.45 bits per heavy atom. The highest BCUT2D eigenvalue weighted by atomic mass is 35.5. The molecule has 2 amide bonds. The summed E-state index contributed by atoms with van der Waals surface area (Å²) in [6.07, 6.45) is 1.61. The van der Waals surface area contributed by atoms with Gasteiger partial charge in [-0.3, -0.25) is 9.59 Å². The Hall–Kier alpha value is -1.59. The molecule has 20 heavy (non-hydrogen) atoms. The number of rotatable bonds is 4. The number of halogens is 1. The molecule has 0 spiro atoms. The van der Waals surface area contributed by atoms with Gasteiger partial charge in [0.25, 0.3) is 0 Å². The molecule has 1 heterocycles. The minimum atomic E-state index is -0.0537. The van der Waals surface area contributed by atoms with Crippen LogP contribution < -0.4 is 16.4 Å². The lowest BCUT2D eigenvalue weighted by molar-refractivity contribution is -0.121. The van der Waals surface area contributed by atoms with Crippen molar-refractivity contribution in [2.75, 3.05) is 11.9 Å². The van der Waals surface area contributed by atoms with Crippen LogP contribution in [0.15, 0.2) is 18.2 Å².